The van der Waals surface area contributed by atoms with Gasteiger partial charge in [0.25, 0.3) is 0 Å². The molecule has 5 heavy (non-hydrogen) atoms. The summed E-state index contributed by atoms with van der Waals surface area (Å²) in [6.45, 7) is 0. The molecule has 0 rings (SSSR count). The Kier molecular flexibility index (Phi) is 2.62. The summed E-state index contributed by atoms with van der Waals surface area (Å²) >= 11 is 3.04. The second-order valence-electron chi connectivity index (χ2n) is 0.339. The molecule has 0 aliphatic carbocycles. The van der Waals surface area contributed by atoms with Gasteiger partial charge >= 0.3 is 0 Å². The Balaban J connectivity index is 3.23. The molecule has 1 N–H and O–H groups in total. The summed E-state index contributed by atoms with van der Waals surface area (Å²) in [5.41, 5.74) is 0. The van der Waals surface area contributed by atoms with Crippen LogP contribution in [0.3, 0.4) is 0 Å². The van der Waals surface area contributed by atoms with Crippen LogP contribution in [0.4, 0.5) is 0 Å². The third-order valence-electron chi connectivity index (χ3n) is 0.0742. The second kappa shape index (κ2) is 2.49. The zero-order valence-corrected chi connectivity index (χ0v) is 4.00. The van der Waals surface area contributed by atoms with Crippen molar-refractivity contribution < 1.29 is 7.84 Å². The molecular formula is H3NO2S2. The predicted octanol–water partition coefficient (Wildman–Crippen LogP) is 0.00617. The first-order chi connectivity index (χ1) is 2.27. The standard InChI is InChI=1S/H3NO2S2/c1-5(2)3-4/h1,4-5H. The van der Waals surface area contributed by atoms with Gasteiger partial charge in [-0.25, -0.2) is 12.6 Å². The van der Waals surface area contributed by atoms with Gasteiger partial charge in [-0.1, -0.05) is 0 Å². The molecule has 0 fully saturated rings. The van der Waals surface area contributed by atoms with Gasteiger partial charge in [0.05, 0.1) is 0 Å². The van der Waals surface area contributed by atoms with Gasteiger partial charge in [0.2, 0.25) is 0 Å². The first-order valence-corrected chi connectivity index (χ1v) is 2.31. The highest BCUT2D eigenvalue weighted by Gasteiger charge is 1.58. The van der Waals surface area contributed by atoms with Crippen molar-refractivity contribution in [3.63, 3.8) is 0 Å². The lowest BCUT2D eigenvalue weighted by molar-refractivity contribution is 0.622. The van der Waals surface area contributed by atoms with Gasteiger partial charge in [-0.15, -0.1) is 0 Å². The molecule has 32 valence electrons. The summed E-state index contributed by atoms with van der Waals surface area (Å²) in [4.78, 5) is 0. The van der Waals surface area contributed by atoms with Gasteiger partial charge in [-0.2, -0.15) is 0 Å². The van der Waals surface area contributed by atoms with E-state index in [0.29, 0.717) is 0 Å². The molecular weight excluding hydrogens is 110 g/mol. The molecule has 0 heterocycles. The zero-order chi connectivity index (χ0) is 4.28. The van der Waals surface area contributed by atoms with Crippen LogP contribution in [-0.4, -0.2) is 4.21 Å². The summed E-state index contributed by atoms with van der Waals surface area (Å²) in [5.74, 6) is 0. The minimum absolute atomic E-state index is 2.23. The maximum atomic E-state index is 9.33. The number of nitrogens with one attached hydrogen (secondary N) is 1. The van der Waals surface area contributed by atoms with Crippen molar-refractivity contribution in [1.29, 1.82) is 4.78 Å². The fraction of sp³-hybridized carbons (Fsp3) is 0. The van der Waals surface area contributed by atoms with Crippen molar-refractivity contribution in [2.24, 2.45) is 0 Å². The molecule has 0 aliphatic rings. The summed E-state index contributed by atoms with van der Waals surface area (Å²) in [7, 11) is -2.23. The van der Waals surface area contributed by atoms with Gasteiger partial charge in [0.1, 0.15) is 0 Å². The van der Waals surface area contributed by atoms with Crippen LogP contribution in [0.1, 0.15) is 0 Å². The molecule has 0 aliphatic heterocycles. The topological polar surface area (TPSA) is 50.2 Å². The molecule has 0 saturated carbocycles. The van der Waals surface area contributed by atoms with Crippen LogP contribution in [0.2, 0.25) is 0 Å². The van der Waals surface area contributed by atoms with E-state index in [2.05, 4.69) is 16.5 Å². The third kappa shape index (κ3) is 4.26. The van der Waals surface area contributed by atoms with E-state index >= 15 is 0 Å². The Morgan fingerprint density at radius 2 is 2.20 bits per heavy atom. The molecule has 5 heteroatoms. The molecule has 0 saturated heterocycles. The molecule has 0 aromatic heterocycles. The molecule has 0 spiro atoms. The van der Waals surface area contributed by atoms with Gasteiger partial charge < -0.3 is 0 Å². The fourth-order valence-corrected chi connectivity index (χ4v) is 0. The zero-order valence-electron chi connectivity index (χ0n) is 2.21. The summed E-state index contributed by atoms with van der Waals surface area (Å²) < 4.78 is 19.0. The van der Waals surface area contributed by atoms with E-state index in [1.807, 2.05) is 0 Å². The maximum absolute atomic E-state index is 9.33. The highest BCUT2D eigenvalue weighted by molar-refractivity contribution is 7.86. The lowest BCUT2D eigenvalue weighted by atomic mass is 14.0. The van der Waals surface area contributed by atoms with E-state index < -0.39 is 10.9 Å². The molecule has 1 atom stereocenters. The normalized spacial score (nSPS) is 14.6. The molecule has 0 amide bonds. The first-order valence-electron chi connectivity index (χ1n) is 0.771. The number of hydrogen-bond acceptors (Lipinski definition) is 4. The highest BCUT2D eigenvalue weighted by Crippen LogP contribution is 1.72. The van der Waals surface area contributed by atoms with Gasteiger partial charge in [-0.3, -0.25) is 0 Å². The summed E-state index contributed by atoms with van der Waals surface area (Å²) in [6, 6.07) is 0. The van der Waals surface area contributed by atoms with Crippen molar-refractivity contribution in [3.05, 3.63) is 0 Å². The van der Waals surface area contributed by atoms with Crippen LogP contribution in [0.25, 0.3) is 0 Å². The Morgan fingerprint density at radius 3 is 2.20 bits per heavy atom. The molecule has 0 radical (unpaired) electrons. The smallest absolute Gasteiger partial charge is 0.160 e. The summed E-state index contributed by atoms with van der Waals surface area (Å²) in [6.07, 6.45) is 0. The SMILES string of the molecule is N=[SH](=O)OS. The van der Waals surface area contributed by atoms with E-state index in [9.17, 15) is 4.21 Å². The van der Waals surface area contributed by atoms with Crippen molar-refractivity contribution in [2.45, 2.75) is 0 Å². The van der Waals surface area contributed by atoms with Crippen molar-refractivity contribution in [3.8, 4) is 0 Å². The molecule has 0 bridgehead atoms. The van der Waals surface area contributed by atoms with E-state index in [1.54, 1.807) is 0 Å². The van der Waals surface area contributed by atoms with Crippen LogP contribution in [-0.2, 0) is 14.5 Å². The van der Waals surface area contributed by atoms with Crippen molar-refractivity contribution in [1.82, 2.24) is 0 Å². The molecule has 0 aromatic rings. The number of rotatable bonds is 1. The molecule has 1 unspecified atom stereocenters. The largest absolute Gasteiger partial charge is 0.232 e. The lowest BCUT2D eigenvalue weighted by Crippen LogP contribution is -1.60. The Labute approximate surface area is 37.2 Å². The third-order valence-corrected chi connectivity index (χ3v) is 0.667. The average molecular weight is 113 g/mol. The van der Waals surface area contributed by atoms with E-state index in [4.69, 9.17) is 4.78 Å². The van der Waals surface area contributed by atoms with Crippen LogP contribution in [0, 0.1) is 4.78 Å². The minimum atomic E-state index is -2.23. The van der Waals surface area contributed by atoms with E-state index in [0.717, 1.165) is 0 Å². The van der Waals surface area contributed by atoms with Crippen molar-refractivity contribution >= 4 is 23.8 Å². The van der Waals surface area contributed by atoms with Gasteiger partial charge in [0, 0.05) is 0 Å². The Bertz CT molecular complexity index is 65.7. The van der Waals surface area contributed by atoms with E-state index in [-0.39, 0.29) is 0 Å². The fourth-order valence-electron chi connectivity index (χ4n) is 0. The number of hydrogen-bond donors (Lipinski definition) is 3. The van der Waals surface area contributed by atoms with Gasteiger partial charge in [-0.05, 0) is 12.9 Å². The van der Waals surface area contributed by atoms with Crippen LogP contribution in [0.5, 0.6) is 0 Å². The monoisotopic (exact) mass is 113 g/mol. The maximum Gasteiger partial charge on any atom is 0.160 e. The van der Waals surface area contributed by atoms with Crippen LogP contribution in [0.15, 0.2) is 0 Å². The van der Waals surface area contributed by atoms with Gasteiger partial charge in [0.15, 0.2) is 10.9 Å². The molecule has 3 nitrogen and oxygen atoms in total. The number of thiol groups is 2. The van der Waals surface area contributed by atoms with Crippen LogP contribution >= 0.6 is 12.9 Å². The Hall–Kier alpha value is 0.260. The average Bonchev–Trinajstić information content (AvgIpc) is 1.38. The van der Waals surface area contributed by atoms with E-state index in [1.165, 1.54) is 0 Å². The first kappa shape index (κ1) is 5.26. The molecule has 0 aromatic carbocycles. The quantitative estimate of drug-likeness (QED) is 0.331. The predicted molar refractivity (Wildman–Crippen MR) is 22.3 cm³/mol. The highest BCUT2D eigenvalue weighted by atomic mass is 32.2. The van der Waals surface area contributed by atoms with Crippen LogP contribution < -0.4 is 0 Å². The lowest BCUT2D eigenvalue weighted by Gasteiger charge is -1.68. The summed E-state index contributed by atoms with van der Waals surface area (Å²) in [5, 5.41) is 0. The minimum Gasteiger partial charge on any atom is -0.232 e. The second-order valence-corrected chi connectivity index (χ2v) is 1.51. The van der Waals surface area contributed by atoms with Crippen molar-refractivity contribution in [2.75, 3.05) is 0 Å². The Morgan fingerprint density at radius 1 is 2.00 bits per heavy atom.